The van der Waals surface area contributed by atoms with Gasteiger partial charge in [-0.15, -0.1) is 0 Å². The summed E-state index contributed by atoms with van der Waals surface area (Å²) in [6.07, 6.45) is 1.17. The number of ether oxygens (including phenoxy) is 1. The molecule has 2 nitrogen and oxygen atoms in total. The van der Waals surface area contributed by atoms with Gasteiger partial charge in [-0.25, -0.2) is 0 Å². The molecule has 4 heteroatoms. The van der Waals surface area contributed by atoms with Gasteiger partial charge in [-0.2, -0.15) is 0 Å². The summed E-state index contributed by atoms with van der Waals surface area (Å²) in [6, 6.07) is 3.84. The first-order valence-corrected chi connectivity index (χ1v) is 6.37. The molecule has 1 rings (SSSR count). The van der Waals surface area contributed by atoms with Gasteiger partial charge in [-0.3, -0.25) is 0 Å². The largest absolute Gasteiger partial charge is 0.491 e. The molecular weight excluding hydrogens is 245 g/mol. The zero-order chi connectivity index (χ0) is 12.0. The Bertz CT molecular complexity index is 319. The summed E-state index contributed by atoms with van der Waals surface area (Å²) in [5.74, 6) is 0.588. The standard InChI is InChI=1S/C12H17Cl2NO/c1-3-5-15-8-9-6-10(13)12(16-4-2)11(14)7-9/h6-7,15H,3-5,8H2,1-2H3/p+1. The van der Waals surface area contributed by atoms with Crippen molar-refractivity contribution in [1.82, 2.24) is 0 Å². The first-order chi connectivity index (χ1) is 7.69. The molecule has 0 spiro atoms. The van der Waals surface area contributed by atoms with Crippen molar-refractivity contribution < 1.29 is 10.1 Å². The van der Waals surface area contributed by atoms with Crippen LogP contribution in [0, 0.1) is 0 Å². The van der Waals surface area contributed by atoms with Gasteiger partial charge in [0.25, 0.3) is 0 Å². The number of benzene rings is 1. The molecule has 1 aromatic rings. The third-order valence-corrected chi connectivity index (χ3v) is 2.78. The summed E-state index contributed by atoms with van der Waals surface area (Å²) in [7, 11) is 0. The SMILES string of the molecule is CCC[NH2+]Cc1cc(Cl)c(OCC)c(Cl)c1. The van der Waals surface area contributed by atoms with E-state index in [4.69, 9.17) is 27.9 Å². The summed E-state index contributed by atoms with van der Waals surface area (Å²) in [4.78, 5) is 0. The highest BCUT2D eigenvalue weighted by atomic mass is 35.5. The Hall–Kier alpha value is -0.440. The normalized spacial score (nSPS) is 10.5. The van der Waals surface area contributed by atoms with Gasteiger partial charge in [0, 0.05) is 5.56 Å². The van der Waals surface area contributed by atoms with Gasteiger partial charge in [0.2, 0.25) is 0 Å². The fourth-order valence-electron chi connectivity index (χ4n) is 1.49. The van der Waals surface area contributed by atoms with E-state index in [0.29, 0.717) is 22.4 Å². The second kappa shape index (κ2) is 7.00. The Morgan fingerprint density at radius 3 is 2.31 bits per heavy atom. The molecule has 0 saturated carbocycles. The maximum Gasteiger partial charge on any atom is 0.156 e. The summed E-state index contributed by atoms with van der Waals surface area (Å²) in [5.41, 5.74) is 1.13. The molecule has 0 atom stereocenters. The fraction of sp³-hybridized carbons (Fsp3) is 0.500. The van der Waals surface area contributed by atoms with E-state index in [0.717, 1.165) is 18.7 Å². The number of hydrogen-bond acceptors (Lipinski definition) is 1. The molecule has 0 aliphatic rings. The summed E-state index contributed by atoms with van der Waals surface area (Å²) < 4.78 is 5.37. The van der Waals surface area contributed by atoms with Gasteiger partial charge in [-0.05, 0) is 25.5 Å². The van der Waals surface area contributed by atoms with Crippen molar-refractivity contribution in [2.45, 2.75) is 26.8 Å². The van der Waals surface area contributed by atoms with Gasteiger partial charge >= 0.3 is 0 Å². The summed E-state index contributed by atoms with van der Waals surface area (Å²) in [6.45, 7) is 6.66. The Balaban J connectivity index is 2.75. The summed E-state index contributed by atoms with van der Waals surface area (Å²) >= 11 is 12.2. The molecule has 0 aliphatic heterocycles. The molecule has 0 unspecified atom stereocenters. The molecule has 0 radical (unpaired) electrons. The lowest BCUT2D eigenvalue weighted by molar-refractivity contribution is -0.670. The van der Waals surface area contributed by atoms with Crippen molar-refractivity contribution in [2.75, 3.05) is 13.2 Å². The maximum absolute atomic E-state index is 6.10. The molecular formula is C12H18Cl2NO+. The molecule has 1 aromatic carbocycles. The van der Waals surface area contributed by atoms with Gasteiger partial charge in [-0.1, -0.05) is 30.1 Å². The van der Waals surface area contributed by atoms with E-state index in [1.54, 1.807) is 0 Å². The van der Waals surface area contributed by atoms with Gasteiger partial charge in [0.05, 0.1) is 23.2 Å². The van der Waals surface area contributed by atoms with Crippen molar-refractivity contribution in [1.29, 1.82) is 0 Å². The van der Waals surface area contributed by atoms with E-state index in [-0.39, 0.29) is 0 Å². The molecule has 0 amide bonds. The highest BCUT2D eigenvalue weighted by Gasteiger charge is 2.09. The van der Waals surface area contributed by atoms with Crippen LogP contribution in [0.4, 0.5) is 0 Å². The third-order valence-electron chi connectivity index (χ3n) is 2.22. The van der Waals surface area contributed by atoms with Crippen LogP contribution < -0.4 is 10.1 Å². The van der Waals surface area contributed by atoms with Crippen LogP contribution in [-0.2, 0) is 6.54 Å². The highest BCUT2D eigenvalue weighted by molar-refractivity contribution is 6.37. The van der Waals surface area contributed by atoms with Crippen molar-refractivity contribution in [3.63, 3.8) is 0 Å². The molecule has 0 heterocycles. The lowest BCUT2D eigenvalue weighted by atomic mass is 10.2. The summed E-state index contributed by atoms with van der Waals surface area (Å²) in [5, 5.41) is 3.42. The average Bonchev–Trinajstić information content (AvgIpc) is 2.24. The van der Waals surface area contributed by atoms with Crippen LogP contribution in [0.15, 0.2) is 12.1 Å². The lowest BCUT2D eigenvalue weighted by Crippen LogP contribution is -2.82. The fourth-order valence-corrected chi connectivity index (χ4v) is 2.13. The van der Waals surface area contributed by atoms with E-state index in [1.807, 2.05) is 19.1 Å². The monoisotopic (exact) mass is 262 g/mol. The molecule has 0 fully saturated rings. The zero-order valence-corrected chi connectivity index (χ0v) is 11.2. The predicted molar refractivity (Wildman–Crippen MR) is 68.4 cm³/mol. The van der Waals surface area contributed by atoms with E-state index >= 15 is 0 Å². The zero-order valence-electron chi connectivity index (χ0n) is 9.72. The molecule has 0 aliphatic carbocycles. The minimum Gasteiger partial charge on any atom is -0.491 e. The Kier molecular flexibility index (Phi) is 5.96. The predicted octanol–water partition coefficient (Wildman–Crippen LogP) is 2.87. The van der Waals surface area contributed by atoms with Crippen molar-refractivity contribution in [3.05, 3.63) is 27.7 Å². The van der Waals surface area contributed by atoms with Crippen LogP contribution in [0.3, 0.4) is 0 Å². The molecule has 0 saturated heterocycles. The molecule has 2 N–H and O–H groups in total. The minimum atomic E-state index is 0.570. The number of halogens is 2. The van der Waals surface area contributed by atoms with Crippen molar-refractivity contribution >= 4 is 23.2 Å². The molecule has 0 bridgehead atoms. The smallest absolute Gasteiger partial charge is 0.156 e. The highest BCUT2D eigenvalue weighted by Crippen LogP contribution is 2.33. The second-order valence-corrected chi connectivity index (χ2v) is 4.42. The van der Waals surface area contributed by atoms with Crippen molar-refractivity contribution in [3.8, 4) is 5.75 Å². The molecule has 16 heavy (non-hydrogen) atoms. The number of nitrogens with two attached hydrogens (primary N) is 1. The van der Waals surface area contributed by atoms with E-state index in [9.17, 15) is 0 Å². The Morgan fingerprint density at radius 1 is 1.19 bits per heavy atom. The minimum absolute atomic E-state index is 0.570. The van der Waals surface area contributed by atoms with Gasteiger partial charge < -0.3 is 10.1 Å². The topological polar surface area (TPSA) is 25.8 Å². The van der Waals surface area contributed by atoms with E-state index in [2.05, 4.69) is 12.2 Å². The quantitative estimate of drug-likeness (QED) is 0.785. The first kappa shape index (κ1) is 13.6. The second-order valence-electron chi connectivity index (χ2n) is 3.60. The first-order valence-electron chi connectivity index (χ1n) is 5.61. The lowest BCUT2D eigenvalue weighted by Gasteiger charge is -2.09. The Morgan fingerprint density at radius 2 is 1.81 bits per heavy atom. The van der Waals surface area contributed by atoms with Crippen LogP contribution in [0.2, 0.25) is 10.0 Å². The van der Waals surface area contributed by atoms with Gasteiger partial charge in [0.1, 0.15) is 6.54 Å². The van der Waals surface area contributed by atoms with Crippen LogP contribution in [-0.4, -0.2) is 13.2 Å². The third kappa shape index (κ3) is 3.85. The molecule has 0 aromatic heterocycles. The van der Waals surface area contributed by atoms with Crippen molar-refractivity contribution in [2.24, 2.45) is 0 Å². The van der Waals surface area contributed by atoms with Gasteiger partial charge in [0.15, 0.2) is 5.75 Å². The van der Waals surface area contributed by atoms with Crippen LogP contribution in [0.5, 0.6) is 5.75 Å². The van der Waals surface area contributed by atoms with E-state index < -0.39 is 0 Å². The van der Waals surface area contributed by atoms with Crippen LogP contribution in [0.1, 0.15) is 25.8 Å². The van der Waals surface area contributed by atoms with E-state index in [1.165, 1.54) is 6.42 Å². The average molecular weight is 263 g/mol. The number of quaternary nitrogens is 1. The molecule has 90 valence electrons. The van der Waals surface area contributed by atoms with Crippen LogP contribution >= 0.6 is 23.2 Å². The number of hydrogen-bond donors (Lipinski definition) is 1. The van der Waals surface area contributed by atoms with Crippen LogP contribution in [0.25, 0.3) is 0 Å². The maximum atomic E-state index is 6.10. The number of rotatable bonds is 6. The Labute approximate surface area is 107 Å².